The van der Waals surface area contributed by atoms with E-state index in [1.807, 2.05) is 60.7 Å². The van der Waals surface area contributed by atoms with Gasteiger partial charge in [0, 0.05) is 30.4 Å². The third-order valence-electron chi connectivity index (χ3n) is 4.24. The first-order chi connectivity index (χ1) is 14.1. The molecule has 4 rings (SSSR count). The minimum absolute atomic E-state index is 0.106. The Morgan fingerprint density at radius 3 is 2.59 bits per heavy atom. The van der Waals surface area contributed by atoms with E-state index in [-0.39, 0.29) is 5.91 Å². The second-order valence-corrected chi connectivity index (χ2v) is 6.26. The number of tetrazole rings is 1. The van der Waals surface area contributed by atoms with Crippen LogP contribution in [-0.4, -0.2) is 38.2 Å². The van der Waals surface area contributed by atoms with Gasteiger partial charge in [-0.15, -0.1) is 15.0 Å². The minimum atomic E-state index is -0.106. The number of rotatable bonds is 5. The highest BCUT2D eigenvalue weighted by atomic mass is 16.5. The standard InChI is InChI=1S/C21H18N6O2/c1-14(28)23-16-8-6-15(7-9-16)18-11-10-17(13-20(18)29-2)27-25-21(24-26-27)19-5-3-4-12-22-19/h3-13H,1-2H3,(H,23,28). The minimum Gasteiger partial charge on any atom is -0.496 e. The number of benzene rings is 2. The molecule has 144 valence electrons. The van der Waals surface area contributed by atoms with Crippen molar-refractivity contribution in [2.24, 2.45) is 0 Å². The number of ether oxygens (including phenoxy) is 1. The van der Waals surface area contributed by atoms with Gasteiger partial charge in [-0.1, -0.05) is 18.2 Å². The number of hydrogen-bond donors (Lipinski definition) is 1. The molecule has 0 saturated heterocycles. The largest absolute Gasteiger partial charge is 0.496 e. The summed E-state index contributed by atoms with van der Waals surface area (Å²) in [5.41, 5.74) is 3.99. The van der Waals surface area contributed by atoms with Crippen LogP contribution in [0.1, 0.15) is 6.92 Å². The van der Waals surface area contributed by atoms with E-state index in [2.05, 4.69) is 25.7 Å². The second-order valence-electron chi connectivity index (χ2n) is 6.26. The highest BCUT2D eigenvalue weighted by Crippen LogP contribution is 2.32. The Hall–Kier alpha value is -4.07. The van der Waals surface area contributed by atoms with Crippen LogP contribution < -0.4 is 10.1 Å². The fraction of sp³-hybridized carbons (Fsp3) is 0.0952. The van der Waals surface area contributed by atoms with Crippen LogP contribution in [-0.2, 0) is 4.79 Å². The lowest BCUT2D eigenvalue weighted by Crippen LogP contribution is -2.05. The first-order valence-electron chi connectivity index (χ1n) is 8.92. The van der Waals surface area contributed by atoms with E-state index in [4.69, 9.17) is 4.74 Å². The van der Waals surface area contributed by atoms with Gasteiger partial charge in [0.15, 0.2) is 0 Å². The first-order valence-corrected chi connectivity index (χ1v) is 8.92. The zero-order valence-corrected chi connectivity index (χ0v) is 15.9. The first kappa shape index (κ1) is 18.3. The maximum Gasteiger partial charge on any atom is 0.223 e. The molecule has 1 N–H and O–H groups in total. The predicted molar refractivity (Wildman–Crippen MR) is 109 cm³/mol. The fourth-order valence-corrected chi connectivity index (χ4v) is 2.90. The van der Waals surface area contributed by atoms with E-state index in [0.29, 0.717) is 17.3 Å². The summed E-state index contributed by atoms with van der Waals surface area (Å²) in [6.07, 6.45) is 1.69. The lowest BCUT2D eigenvalue weighted by Gasteiger charge is -2.11. The van der Waals surface area contributed by atoms with Gasteiger partial charge < -0.3 is 10.1 Å². The van der Waals surface area contributed by atoms with Gasteiger partial charge in [-0.2, -0.15) is 0 Å². The molecular formula is C21H18N6O2. The van der Waals surface area contributed by atoms with E-state index in [0.717, 1.165) is 22.5 Å². The van der Waals surface area contributed by atoms with Crippen LogP contribution in [0.5, 0.6) is 5.75 Å². The molecule has 0 unspecified atom stereocenters. The van der Waals surface area contributed by atoms with Crippen molar-refractivity contribution in [3.8, 4) is 34.1 Å². The number of methoxy groups -OCH3 is 1. The summed E-state index contributed by atoms with van der Waals surface area (Å²) < 4.78 is 5.58. The molecular weight excluding hydrogens is 368 g/mol. The quantitative estimate of drug-likeness (QED) is 0.565. The summed E-state index contributed by atoms with van der Waals surface area (Å²) in [7, 11) is 1.61. The van der Waals surface area contributed by atoms with E-state index >= 15 is 0 Å². The molecule has 0 radical (unpaired) electrons. The van der Waals surface area contributed by atoms with Gasteiger partial charge in [-0.25, -0.2) is 0 Å². The van der Waals surface area contributed by atoms with Crippen LogP contribution in [0.3, 0.4) is 0 Å². The van der Waals surface area contributed by atoms with Gasteiger partial charge in [0.2, 0.25) is 11.7 Å². The van der Waals surface area contributed by atoms with Crippen molar-refractivity contribution >= 4 is 11.6 Å². The average Bonchev–Trinajstić information content (AvgIpc) is 3.24. The van der Waals surface area contributed by atoms with Crippen molar-refractivity contribution in [2.75, 3.05) is 12.4 Å². The molecule has 2 aromatic heterocycles. The Morgan fingerprint density at radius 1 is 1.07 bits per heavy atom. The van der Waals surface area contributed by atoms with Crippen LogP contribution in [0.25, 0.3) is 28.3 Å². The van der Waals surface area contributed by atoms with Crippen molar-refractivity contribution in [3.05, 3.63) is 66.9 Å². The molecule has 0 atom stereocenters. The molecule has 2 aromatic carbocycles. The van der Waals surface area contributed by atoms with Gasteiger partial charge in [0.25, 0.3) is 0 Å². The number of nitrogens with one attached hydrogen (secondary N) is 1. The van der Waals surface area contributed by atoms with Gasteiger partial charge >= 0.3 is 0 Å². The maximum absolute atomic E-state index is 11.2. The molecule has 0 aliphatic heterocycles. The average molecular weight is 386 g/mol. The third-order valence-corrected chi connectivity index (χ3v) is 4.24. The predicted octanol–water partition coefficient (Wildman–Crippen LogP) is 3.36. The second kappa shape index (κ2) is 7.89. The molecule has 0 aliphatic carbocycles. The SMILES string of the molecule is COc1cc(-n2nnc(-c3ccccn3)n2)ccc1-c1ccc(NC(C)=O)cc1. The summed E-state index contributed by atoms with van der Waals surface area (Å²) in [4.78, 5) is 16.9. The van der Waals surface area contributed by atoms with Crippen molar-refractivity contribution < 1.29 is 9.53 Å². The molecule has 4 aromatic rings. The van der Waals surface area contributed by atoms with Crippen molar-refractivity contribution in [3.63, 3.8) is 0 Å². The van der Waals surface area contributed by atoms with Gasteiger partial charge in [-0.05, 0) is 47.2 Å². The number of nitrogens with zero attached hydrogens (tertiary/aromatic N) is 5. The Bertz CT molecular complexity index is 1140. The zero-order chi connectivity index (χ0) is 20.2. The summed E-state index contributed by atoms with van der Waals surface area (Å²) in [6.45, 7) is 1.48. The number of amides is 1. The Morgan fingerprint density at radius 2 is 1.90 bits per heavy atom. The number of carbonyl (C=O) groups is 1. The van der Waals surface area contributed by atoms with E-state index in [1.165, 1.54) is 11.7 Å². The van der Waals surface area contributed by atoms with Crippen LogP contribution in [0.2, 0.25) is 0 Å². The topological polar surface area (TPSA) is 94.8 Å². The Balaban J connectivity index is 1.63. The Kier molecular flexibility index (Phi) is 4.98. The summed E-state index contributed by atoms with van der Waals surface area (Å²) >= 11 is 0. The highest BCUT2D eigenvalue weighted by Gasteiger charge is 2.12. The number of aromatic nitrogens is 5. The smallest absolute Gasteiger partial charge is 0.223 e. The molecule has 8 nitrogen and oxygen atoms in total. The molecule has 0 spiro atoms. The molecule has 0 aliphatic rings. The Labute approximate surface area is 167 Å². The summed E-state index contributed by atoms with van der Waals surface area (Å²) in [6, 6.07) is 18.8. The van der Waals surface area contributed by atoms with Crippen LogP contribution in [0, 0.1) is 0 Å². The lowest BCUT2D eigenvalue weighted by atomic mass is 10.0. The monoisotopic (exact) mass is 386 g/mol. The highest BCUT2D eigenvalue weighted by molar-refractivity contribution is 5.89. The number of pyridine rings is 1. The molecule has 1 amide bonds. The third kappa shape index (κ3) is 3.96. The molecule has 0 bridgehead atoms. The van der Waals surface area contributed by atoms with Crippen molar-refractivity contribution in [1.29, 1.82) is 0 Å². The summed E-state index contributed by atoms with van der Waals surface area (Å²) in [5.74, 6) is 1.01. The van der Waals surface area contributed by atoms with Crippen molar-refractivity contribution in [2.45, 2.75) is 6.92 Å². The zero-order valence-electron chi connectivity index (χ0n) is 15.9. The van der Waals surface area contributed by atoms with E-state index in [1.54, 1.807) is 13.3 Å². The molecule has 0 fully saturated rings. The van der Waals surface area contributed by atoms with E-state index in [9.17, 15) is 4.79 Å². The normalized spacial score (nSPS) is 10.6. The van der Waals surface area contributed by atoms with Crippen LogP contribution in [0.15, 0.2) is 66.9 Å². The van der Waals surface area contributed by atoms with Gasteiger partial charge in [0.05, 0.1) is 12.8 Å². The lowest BCUT2D eigenvalue weighted by molar-refractivity contribution is -0.114. The van der Waals surface area contributed by atoms with Gasteiger partial charge in [-0.3, -0.25) is 9.78 Å². The number of carbonyl (C=O) groups excluding carboxylic acids is 1. The summed E-state index contributed by atoms with van der Waals surface area (Å²) in [5, 5.41) is 15.4. The fourth-order valence-electron chi connectivity index (χ4n) is 2.90. The van der Waals surface area contributed by atoms with Crippen LogP contribution in [0.4, 0.5) is 5.69 Å². The van der Waals surface area contributed by atoms with Crippen LogP contribution >= 0.6 is 0 Å². The number of hydrogen-bond acceptors (Lipinski definition) is 6. The molecule has 0 saturated carbocycles. The van der Waals surface area contributed by atoms with E-state index < -0.39 is 0 Å². The van der Waals surface area contributed by atoms with Gasteiger partial charge in [0.1, 0.15) is 11.4 Å². The number of anilines is 1. The maximum atomic E-state index is 11.2. The van der Waals surface area contributed by atoms with Crippen molar-refractivity contribution in [1.82, 2.24) is 25.2 Å². The molecule has 29 heavy (non-hydrogen) atoms. The molecule has 8 heteroatoms. The molecule has 2 heterocycles.